The van der Waals surface area contributed by atoms with Gasteiger partial charge in [0.05, 0.1) is 24.7 Å². The summed E-state index contributed by atoms with van der Waals surface area (Å²) in [5.41, 5.74) is 3.91. The Kier molecular flexibility index (Phi) is 5.61. The summed E-state index contributed by atoms with van der Waals surface area (Å²) in [6, 6.07) is 17.0. The van der Waals surface area contributed by atoms with Gasteiger partial charge in [-0.3, -0.25) is 9.78 Å². The number of nitrogens with one attached hydrogen (secondary N) is 1. The highest BCUT2D eigenvalue weighted by atomic mass is 16.5. The highest BCUT2D eigenvalue weighted by Crippen LogP contribution is 2.24. The molecule has 0 atom stereocenters. The molecule has 0 aliphatic carbocycles. The molecule has 148 valence electrons. The lowest BCUT2D eigenvalue weighted by atomic mass is 10.1. The Balaban J connectivity index is 1.60. The van der Waals surface area contributed by atoms with E-state index < -0.39 is 0 Å². The molecule has 0 bridgehead atoms. The van der Waals surface area contributed by atoms with Crippen molar-refractivity contribution in [1.82, 2.24) is 19.7 Å². The lowest BCUT2D eigenvalue weighted by Crippen LogP contribution is -2.07. The summed E-state index contributed by atoms with van der Waals surface area (Å²) in [4.78, 5) is 20.6. The van der Waals surface area contributed by atoms with Gasteiger partial charge in [0.2, 0.25) is 11.8 Å². The smallest absolute Gasteiger partial charge is 0.248 e. The Hall–Kier alpha value is -4.26. The monoisotopic (exact) mass is 397 g/mol. The van der Waals surface area contributed by atoms with E-state index in [1.54, 1.807) is 48.6 Å². The van der Waals surface area contributed by atoms with Crippen LogP contribution in [0.3, 0.4) is 0 Å². The Labute approximate surface area is 173 Å². The number of aromatic nitrogens is 4. The summed E-state index contributed by atoms with van der Waals surface area (Å²) in [6.45, 7) is 0. The topological polar surface area (TPSA) is 81.9 Å². The molecular weight excluding hydrogens is 378 g/mol. The minimum Gasteiger partial charge on any atom is -0.481 e. The molecular formula is C23H19N5O2. The fourth-order valence-electron chi connectivity index (χ4n) is 2.87. The van der Waals surface area contributed by atoms with Gasteiger partial charge < -0.3 is 10.1 Å². The summed E-state index contributed by atoms with van der Waals surface area (Å²) < 4.78 is 6.81. The van der Waals surface area contributed by atoms with Crippen LogP contribution >= 0.6 is 0 Å². The molecule has 0 saturated carbocycles. The summed E-state index contributed by atoms with van der Waals surface area (Å²) in [7, 11) is 1.54. The molecule has 1 N–H and O–H groups in total. The normalized spacial score (nSPS) is 10.8. The van der Waals surface area contributed by atoms with Crippen molar-refractivity contribution in [3.05, 3.63) is 91.0 Å². The van der Waals surface area contributed by atoms with Gasteiger partial charge in [-0.15, -0.1) is 0 Å². The van der Waals surface area contributed by atoms with Crippen molar-refractivity contribution < 1.29 is 9.53 Å². The van der Waals surface area contributed by atoms with E-state index in [1.807, 2.05) is 48.7 Å². The molecule has 0 aliphatic rings. The SMILES string of the molecule is COc1ccc(NC(=O)/C=C/c2cn(-c3ccccc3)nc2-c2cccnc2)cn1. The Morgan fingerprint density at radius 2 is 1.93 bits per heavy atom. The molecule has 4 rings (SSSR count). The number of para-hydroxylation sites is 1. The Bertz CT molecular complexity index is 1150. The second-order valence-corrected chi connectivity index (χ2v) is 6.37. The van der Waals surface area contributed by atoms with Crippen LogP contribution in [0.2, 0.25) is 0 Å². The number of hydrogen-bond donors (Lipinski definition) is 1. The zero-order valence-electron chi connectivity index (χ0n) is 16.3. The van der Waals surface area contributed by atoms with E-state index in [4.69, 9.17) is 9.84 Å². The number of pyridine rings is 2. The van der Waals surface area contributed by atoms with Gasteiger partial charge in [0.1, 0.15) is 5.69 Å². The molecule has 7 nitrogen and oxygen atoms in total. The standard InChI is InChI=1S/C23H19N5O2/c1-30-22-12-10-19(15-25-22)26-21(29)11-9-18-16-28(20-7-3-2-4-8-20)27-23(18)17-6-5-13-24-14-17/h2-16H,1H3,(H,26,29)/b11-9+. The third-order valence-electron chi connectivity index (χ3n) is 4.33. The Morgan fingerprint density at radius 1 is 1.07 bits per heavy atom. The molecule has 1 amide bonds. The molecule has 0 aliphatic heterocycles. The maximum absolute atomic E-state index is 12.4. The van der Waals surface area contributed by atoms with Gasteiger partial charge >= 0.3 is 0 Å². The summed E-state index contributed by atoms with van der Waals surface area (Å²) in [5, 5.41) is 7.48. The summed E-state index contributed by atoms with van der Waals surface area (Å²) >= 11 is 0. The molecule has 4 aromatic rings. The van der Waals surface area contributed by atoms with Gasteiger partial charge in [0, 0.05) is 41.9 Å². The first-order valence-electron chi connectivity index (χ1n) is 9.27. The van der Waals surface area contributed by atoms with Crippen LogP contribution in [-0.2, 0) is 4.79 Å². The number of methoxy groups -OCH3 is 1. The molecule has 30 heavy (non-hydrogen) atoms. The van der Waals surface area contributed by atoms with Crippen molar-refractivity contribution in [1.29, 1.82) is 0 Å². The lowest BCUT2D eigenvalue weighted by Gasteiger charge is -2.03. The number of anilines is 1. The molecule has 3 heterocycles. The first-order valence-corrected chi connectivity index (χ1v) is 9.27. The largest absolute Gasteiger partial charge is 0.481 e. The highest BCUT2D eigenvalue weighted by Gasteiger charge is 2.11. The first kappa shape index (κ1) is 19.1. The summed E-state index contributed by atoms with van der Waals surface area (Å²) in [6.07, 6.45) is 10.1. The van der Waals surface area contributed by atoms with Crippen LogP contribution in [0.1, 0.15) is 5.56 Å². The molecule has 0 saturated heterocycles. The van der Waals surface area contributed by atoms with Gasteiger partial charge in [-0.25, -0.2) is 9.67 Å². The minimum atomic E-state index is -0.272. The van der Waals surface area contributed by atoms with Gasteiger partial charge in [-0.05, 0) is 36.4 Å². The predicted octanol–water partition coefficient (Wildman–Crippen LogP) is 3.99. The van der Waals surface area contributed by atoms with Crippen molar-refractivity contribution in [2.45, 2.75) is 0 Å². The van der Waals surface area contributed by atoms with E-state index in [2.05, 4.69) is 15.3 Å². The van der Waals surface area contributed by atoms with E-state index in [1.165, 1.54) is 6.08 Å². The maximum Gasteiger partial charge on any atom is 0.248 e. The van der Waals surface area contributed by atoms with Crippen LogP contribution in [0.5, 0.6) is 5.88 Å². The molecule has 7 heteroatoms. The number of carbonyl (C=O) groups excluding carboxylic acids is 1. The molecule has 0 fully saturated rings. The van der Waals surface area contributed by atoms with Crippen LogP contribution in [0.15, 0.2) is 85.5 Å². The van der Waals surface area contributed by atoms with Gasteiger partial charge in [-0.2, -0.15) is 5.10 Å². The highest BCUT2D eigenvalue weighted by molar-refractivity contribution is 6.02. The van der Waals surface area contributed by atoms with E-state index in [0.717, 1.165) is 22.5 Å². The number of rotatable bonds is 6. The zero-order valence-corrected chi connectivity index (χ0v) is 16.3. The van der Waals surface area contributed by atoms with Crippen LogP contribution in [0.25, 0.3) is 23.0 Å². The summed E-state index contributed by atoms with van der Waals surface area (Å²) in [5.74, 6) is 0.213. The average molecular weight is 397 g/mol. The van der Waals surface area contributed by atoms with Crippen LogP contribution in [-0.4, -0.2) is 32.8 Å². The zero-order chi connectivity index (χ0) is 20.8. The van der Waals surface area contributed by atoms with Crippen LogP contribution in [0.4, 0.5) is 5.69 Å². The number of carbonyl (C=O) groups is 1. The third-order valence-corrected chi connectivity index (χ3v) is 4.33. The number of ether oxygens (including phenoxy) is 1. The molecule has 3 aromatic heterocycles. The number of hydrogen-bond acceptors (Lipinski definition) is 5. The molecule has 0 radical (unpaired) electrons. The fraction of sp³-hybridized carbons (Fsp3) is 0.0435. The van der Waals surface area contributed by atoms with E-state index >= 15 is 0 Å². The van der Waals surface area contributed by atoms with Crippen molar-refractivity contribution >= 4 is 17.7 Å². The minimum absolute atomic E-state index is 0.272. The van der Waals surface area contributed by atoms with Gasteiger partial charge in [-0.1, -0.05) is 18.2 Å². The second kappa shape index (κ2) is 8.83. The van der Waals surface area contributed by atoms with E-state index in [0.29, 0.717) is 11.6 Å². The average Bonchev–Trinajstić information content (AvgIpc) is 3.24. The van der Waals surface area contributed by atoms with Gasteiger partial charge in [0.15, 0.2) is 0 Å². The number of amides is 1. The Morgan fingerprint density at radius 3 is 2.63 bits per heavy atom. The van der Waals surface area contributed by atoms with Crippen LogP contribution in [0, 0.1) is 0 Å². The second-order valence-electron chi connectivity index (χ2n) is 6.37. The molecule has 1 aromatic carbocycles. The quantitative estimate of drug-likeness (QED) is 0.498. The fourth-order valence-corrected chi connectivity index (χ4v) is 2.87. The third kappa shape index (κ3) is 4.41. The lowest BCUT2D eigenvalue weighted by molar-refractivity contribution is -0.111. The van der Waals surface area contributed by atoms with E-state index in [9.17, 15) is 4.79 Å². The molecule has 0 spiro atoms. The first-order chi connectivity index (χ1) is 14.7. The van der Waals surface area contributed by atoms with Crippen molar-refractivity contribution in [3.8, 4) is 22.8 Å². The predicted molar refractivity (Wildman–Crippen MR) is 115 cm³/mol. The van der Waals surface area contributed by atoms with Gasteiger partial charge in [0.25, 0.3) is 0 Å². The van der Waals surface area contributed by atoms with Crippen molar-refractivity contribution in [2.24, 2.45) is 0 Å². The van der Waals surface area contributed by atoms with Crippen LogP contribution < -0.4 is 10.1 Å². The van der Waals surface area contributed by atoms with Crippen molar-refractivity contribution in [2.75, 3.05) is 12.4 Å². The van der Waals surface area contributed by atoms with E-state index in [-0.39, 0.29) is 5.91 Å². The number of nitrogens with zero attached hydrogens (tertiary/aromatic N) is 4. The molecule has 0 unspecified atom stereocenters. The van der Waals surface area contributed by atoms with Crippen molar-refractivity contribution in [3.63, 3.8) is 0 Å². The number of benzene rings is 1. The maximum atomic E-state index is 12.4.